The number of carbonyl (C=O) groups excluding carboxylic acids is 1. The number of nitrogens with one attached hydrogen (secondary N) is 2. The van der Waals surface area contributed by atoms with Crippen molar-refractivity contribution in [3.05, 3.63) is 52.7 Å². The Morgan fingerprint density at radius 2 is 2.12 bits per heavy atom. The average Bonchev–Trinajstić information content (AvgIpc) is 3.23. The summed E-state index contributed by atoms with van der Waals surface area (Å²) in [4.78, 5) is 20.7. The van der Waals surface area contributed by atoms with Crippen molar-refractivity contribution in [3.63, 3.8) is 0 Å². The third-order valence-electron chi connectivity index (χ3n) is 3.77. The van der Waals surface area contributed by atoms with Crippen LogP contribution in [0.25, 0.3) is 22.0 Å². The van der Waals surface area contributed by atoms with Crippen molar-refractivity contribution in [1.82, 2.24) is 20.2 Å². The third-order valence-corrected chi connectivity index (χ3v) is 4.55. The lowest BCUT2D eigenvalue weighted by Crippen LogP contribution is -2.12. The lowest BCUT2D eigenvalue weighted by atomic mass is 10.0. The monoisotopic (exact) mass is 386 g/mol. The summed E-state index contributed by atoms with van der Waals surface area (Å²) in [5, 5.41) is 13.3. The van der Waals surface area contributed by atoms with Crippen LogP contribution in [0.15, 0.2) is 42.0 Å². The molecule has 0 bridgehead atoms. The molecule has 0 saturated carbocycles. The first-order valence-corrected chi connectivity index (χ1v) is 8.40. The van der Waals surface area contributed by atoms with Crippen LogP contribution >= 0.6 is 23.7 Å². The molecule has 0 spiro atoms. The molecule has 1 aromatic carbocycles. The molecule has 7 nitrogen and oxygen atoms in total. The zero-order valence-electron chi connectivity index (χ0n) is 13.7. The zero-order chi connectivity index (χ0) is 17.4. The summed E-state index contributed by atoms with van der Waals surface area (Å²) in [5.41, 5.74) is 9.46. The predicted octanol–water partition coefficient (Wildman–Crippen LogP) is 3.65. The normalized spacial score (nSPS) is 10.5. The molecule has 0 aliphatic carbocycles. The van der Waals surface area contributed by atoms with E-state index in [1.165, 1.54) is 11.3 Å². The van der Waals surface area contributed by atoms with E-state index >= 15 is 0 Å². The van der Waals surface area contributed by atoms with Crippen LogP contribution in [0.4, 0.5) is 11.5 Å². The number of nitrogens with two attached hydrogens (primary N) is 1. The van der Waals surface area contributed by atoms with Crippen LogP contribution in [-0.2, 0) is 0 Å². The third kappa shape index (κ3) is 3.37. The molecule has 0 aliphatic rings. The zero-order valence-corrected chi connectivity index (χ0v) is 15.3. The Bertz CT molecular complexity index is 1090. The number of thiazole rings is 1. The van der Waals surface area contributed by atoms with E-state index in [0.29, 0.717) is 17.2 Å². The molecule has 0 fully saturated rings. The molecule has 26 heavy (non-hydrogen) atoms. The van der Waals surface area contributed by atoms with Crippen molar-refractivity contribution in [2.24, 2.45) is 0 Å². The molecule has 0 aliphatic heterocycles. The van der Waals surface area contributed by atoms with E-state index in [9.17, 15) is 4.79 Å². The van der Waals surface area contributed by atoms with Crippen molar-refractivity contribution >= 4 is 52.1 Å². The van der Waals surface area contributed by atoms with E-state index < -0.39 is 0 Å². The number of nitrogen functional groups attached to an aromatic ring is 1. The highest BCUT2D eigenvalue weighted by Crippen LogP contribution is 2.30. The van der Waals surface area contributed by atoms with E-state index in [1.807, 2.05) is 25.1 Å². The number of benzene rings is 1. The number of carbonyl (C=O) groups is 1. The minimum atomic E-state index is -0.252. The van der Waals surface area contributed by atoms with Crippen molar-refractivity contribution in [2.75, 3.05) is 11.1 Å². The minimum absolute atomic E-state index is 0. The van der Waals surface area contributed by atoms with Gasteiger partial charge in [-0.15, -0.1) is 23.7 Å². The quantitative estimate of drug-likeness (QED) is 0.498. The van der Waals surface area contributed by atoms with E-state index in [0.717, 1.165) is 27.0 Å². The van der Waals surface area contributed by atoms with Gasteiger partial charge in [-0.3, -0.25) is 9.89 Å². The number of anilines is 2. The second kappa shape index (κ2) is 7.11. The van der Waals surface area contributed by atoms with Crippen LogP contribution < -0.4 is 11.1 Å². The molecule has 4 rings (SSSR count). The van der Waals surface area contributed by atoms with Crippen molar-refractivity contribution < 1.29 is 4.79 Å². The van der Waals surface area contributed by atoms with Gasteiger partial charge in [-0.2, -0.15) is 5.10 Å². The Balaban J connectivity index is 0.00000196. The first-order chi connectivity index (χ1) is 12.1. The average molecular weight is 387 g/mol. The lowest BCUT2D eigenvalue weighted by molar-refractivity contribution is 0.102. The van der Waals surface area contributed by atoms with Crippen molar-refractivity contribution in [2.45, 2.75) is 6.92 Å². The van der Waals surface area contributed by atoms with Gasteiger partial charge in [-0.1, -0.05) is 0 Å². The number of aryl methyl sites for hydroxylation is 1. The van der Waals surface area contributed by atoms with Gasteiger partial charge in [0, 0.05) is 17.0 Å². The number of pyridine rings is 1. The maximum Gasteiger partial charge on any atom is 0.275 e. The highest BCUT2D eigenvalue weighted by atomic mass is 35.5. The van der Waals surface area contributed by atoms with Crippen molar-refractivity contribution in [1.29, 1.82) is 0 Å². The molecule has 0 atom stereocenters. The van der Waals surface area contributed by atoms with E-state index in [2.05, 4.69) is 25.5 Å². The van der Waals surface area contributed by atoms with Crippen molar-refractivity contribution in [3.8, 4) is 11.1 Å². The Morgan fingerprint density at radius 1 is 1.27 bits per heavy atom. The van der Waals surface area contributed by atoms with Crippen LogP contribution in [0.1, 0.15) is 15.5 Å². The molecule has 9 heteroatoms. The van der Waals surface area contributed by atoms with Crippen LogP contribution in [0, 0.1) is 6.92 Å². The standard InChI is InChI=1S/C17H14N6OS.ClH/c1-9-21-15(8-25-9)17(24)22-13-4-11(5-14-12(13)7-20-23-14)10-2-3-19-16(18)6-10;/h2-8H,1H3,(H2,18,19)(H,20,23)(H,22,24);1H. The maximum absolute atomic E-state index is 12.5. The summed E-state index contributed by atoms with van der Waals surface area (Å²) in [5.74, 6) is 0.184. The van der Waals surface area contributed by atoms with Gasteiger partial charge in [0.25, 0.3) is 5.91 Å². The fourth-order valence-electron chi connectivity index (χ4n) is 2.60. The van der Waals surface area contributed by atoms with Gasteiger partial charge in [0.2, 0.25) is 0 Å². The molecule has 3 heterocycles. The molecular weight excluding hydrogens is 372 g/mol. The number of H-pyrrole nitrogens is 1. The van der Waals surface area contributed by atoms with Crippen LogP contribution in [-0.4, -0.2) is 26.1 Å². The van der Waals surface area contributed by atoms with Gasteiger partial charge in [-0.25, -0.2) is 9.97 Å². The smallest absolute Gasteiger partial charge is 0.275 e. The van der Waals surface area contributed by atoms with Gasteiger partial charge in [0.1, 0.15) is 11.5 Å². The number of hydrogen-bond acceptors (Lipinski definition) is 6. The van der Waals surface area contributed by atoms with Gasteiger partial charge in [0.05, 0.1) is 22.4 Å². The first-order valence-electron chi connectivity index (χ1n) is 7.52. The van der Waals surface area contributed by atoms with Gasteiger partial charge in [-0.05, 0) is 42.3 Å². The van der Waals surface area contributed by atoms with E-state index in [1.54, 1.807) is 23.8 Å². The fraction of sp³-hybridized carbons (Fsp3) is 0.0588. The van der Waals surface area contributed by atoms with E-state index in [4.69, 9.17) is 5.73 Å². The molecule has 3 aromatic heterocycles. The second-order valence-corrected chi connectivity index (χ2v) is 6.59. The topological polar surface area (TPSA) is 110 Å². The summed E-state index contributed by atoms with van der Waals surface area (Å²) in [6.07, 6.45) is 3.33. The van der Waals surface area contributed by atoms with E-state index in [-0.39, 0.29) is 18.3 Å². The molecule has 0 unspecified atom stereocenters. The number of rotatable bonds is 3. The first kappa shape index (κ1) is 17.8. The van der Waals surface area contributed by atoms with Crippen LogP contribution in [0.3, 0.4) is 0 Å². The number of halogens is 1. The number of fused-ring (bicyclic) bond motifs is 1. The summed E-state index contributed by atoms with van der Waals surface area (Å²) < 4.78 is 0. The molecular formula is C17H15ClN6OS. The molecule has 1 amide bonds. The molecule has 0 saturated heterocycles. The van der Waals surface area contributed by atoms with Gasteiger partial charge < -0.3 is 11.1 Å². The minimum Gasteiger partial charge on any atom is -0.384 e. The van der Waals surface area contributed by atoms with Gasteiger partial charge in [0.15, 0.2) is 0 Å². The number of aromatic amines is 1. The highest BCUT2D eigenvalue weighted by molar-refractivity contribution is 7.09. The SMILES string of the molecule is Cc1nc(C(=O)Nc2cc(-c3ccnc(N)c3)cc3[nH]ncc23)cs1.Cl. The van der Waals surface area contributed by atoms with Crippen LogP contribution in [0.2, 0.25) is 0 Å². The number of amides is 1. The molecule has 4 N–H and O–H groups in total. The van der Waals surface area contributed by atoms with Gasteiger partial charge >= 0.3 is 0 Å². The fourth-order valence-corrected chi connectivity index (χ4v) is 3.20. The Labute approximate surface area is 159 Å². The summed E-state index contributed by atoms with van der Waals surface area (Å²) in [7, 11) is 0. The molecule has 0 radical (unpaired) electrons. The summed E-state index contributed by atoms with van der Waals surface area (Å²) >= 11 is 1.44. The maximum atomic E-state index is 12.5. The largest absolute Gasteiger partial charge is 0.384 e. The molecule has 132 valence electrons. The summed E-state index contributed by atoms with van der Waals surface area (Å²) in [6, 6.07) is 7.50. The molecule has 4 aromatic rings. The number of hydrogen-bond donors (Lipinski definition) is 3. The number of aromatic nitrogens is 4. The second-order valence-electron chi connectivity index (χ2n) is 5.53. The predicted molar refractivity (Wildman–Crippen MR) is 106 cm³/mol. The summed E-state index contributed by atoms with van der Waals surface area (Å²) in [6.45, 7) is 1.87. The Kier molecular flexibility index (Phi) is 4.88. The Hall–Kier alpha value is -2.97. The lowest BCUT2D eigenvalue weighted by Gasteiger charge is -2.09. The Morgan fingerprint density at radius 3 is 2.85 bits per heavy atom. The number of nitrogens with zero attached hydrogens (tertiary/aromatic N) is 3. The highest BCUT2D eigenvalue weighted by Gasteiger charge is 2.14. The van der Waals surface area contributed by atoms with Crippen LogP contribution in [0.5, 0.6) is 0 Å².